The smallest absolute Gasteiger partial charge is 0.272 e. The lowest BCUT2D eigenvalue weighted by Gasteiger charge is -2.15. The van der Waals surface area contributed by atoms with Gasteiger partial charge in [0.15, 0.2) is 5.16 Å². The molecule has 0 aliphatic heterocycles. The first kappa shape index (κ1) is 19.4. The first-order chi connectivity index (χ1) is 12.9. The summed E-state index contributed by atoms with van der Waals surface area (Å²) < 4.78 is 2.19. The van der Waals surface area contributed by atoms with E-state index in [2.05, 4.69) is 10.3 Å². The molecule has 1 amide bonds. The van der Waals surface area contributed by atoms with Gasteiger partial charge in [-0.1, -0.05) is 23.4 Å². The van der Waals surface area contributed by atoms with E-state index in [1.807, 2.05) is 18.4 Å². The quantitative estimate of drug-likeness (QED) is 0.497. The van der Waals surface area contributed by atoms with Gasteiger partial charge in [-0.2, -0.15) is 5.26 Å². The summed E-state index contributed by atoms with van der Waals surface area (Å²) in [6.45, 7) is 4.09. The van der Waals surface area contributed by atoms with Crippen molar-refractivity contribution in [1.82, 2.24) is 9.55 Å². The summed E-state index contributed by atoms with van der Waals surface area (Å²) in [7, 11) is 0. The van der Waals surface area contributed by atoms with E-state index in [4.69, 9.17) is 16.9 Å². The predicted molar refractivity (Wildman–Crippen MR) is 110 cm³/mol. The van der Waals surface area contributed by atoms with Gasteiger partial charge in [0, 0.05) is 12.2 Å². The molecule has 0 aliphatic rings. The van der Waals surface area contributed by atoms with Gasteiger partial charge in [0.05, 0.1) is 21.4 Å². The van der Waals surface area contributed by atoms with Crippen molar-refractivity contribution < 1.29 is 4.79 Å². The Morgan fingerprint density at radius 2 is 2.26 bits per heavy atom. The van der Waals surface area contributed by atoms with E-state index in [0.29, 0.717) is 33.2 Å². The van der Waals surface area contributed by atoms with Crippen molar-refractivity contribution in [2.75, 3.05) is 5.32 Å². The largest absolute Gasteiger partial charge is 0.325 e. The lowest BCUT2D eigenvalue weighted by Crippen LogP contribution is -2.26. The molecule has 1 N–H and O–H groups in total. The Balaban J connectivity index is 1.80. The van der Waals surface area contributed by atoms with Gasteiger partial charge < -0.3 is 5.32 Å². The second-order valence-electron chi connectivity index (χ2n) is 5.63. The molecule has 0 spiro atoms. The van der Waals surface area contributed by atoms with Crippen LogP contribution in [-0.2, 0) is 11.3 Å². The fraction of sp³-hybridized carbons (Fsp3) is 0.222. The van der Waals surface area contributed by atoms with Crippen molar-refractivity contribution in [3.8, 4) is 6.07 Å². The van der Waals surface area contributed by atoms with Gasteiger partial charge in [0.2, 0.25) is 5.91 Å². The Morgan fingerprint density at radius 1 is 1.48 bits per heavy atom. The zero-order valence-electron chi connectivity index (χ0n) is 14.5. The highest BCUT2D eigenvalue weighted by Crippen LogP contribution is 2.26. The SMILES string of the molecule is CCn1c(SC(C)C(=O)Nc2ccc(C#N)c(Cl)c2)nc2ccsc2c1=O. The first-order valence-electron chi connectivity index (χ1n) is 8.09. The summed E-state index contributed by atoms with van der Waals surface area (Å²) in [5.74, 6) is -0.247. The van der Waals surface area contributed by atoms with Crippen molar-refractivity contribution in [2.45, 2.75) is 30.8 Å². The Bertz CT molecular complexity index is 1120. The van der Waals surface area contributed by atoms with Gasteiger partial charge in [-0.25, -0.2) is 4.98 Å². The van der Waals surface area contributed by atoms with Crippen LogP contribution in [0.3, 0.4) is 0 Å². The molecule has 0 saturated carbocycles. The maximum atomic E-state index is 12.6. The van der Waals surface area contributed by atoms with Gasteiger partial charge >= 0.3 is 0 Å². The predicted octanol–water partition coefficient (Wildman–Crippen LogP) is 4.12. The topological polar surface area (TPSA) is 87.8 Å². The fourth-order valence-electron chi connectivity index (χ4n) is 2.43. The number of halogens is 1. The Morgan fingerprint density at radius 3 is 2.93 bits per heavy atom. The molecule has 3 rings (SSSR count). The number of nitriles is 1. The molecule has 0 radical (unpaired) electrons. The molecule has 1 aromatic carbocycles. The highest BCUT2D eigenvalue weighted by atomic mass is 35.5. The van der Waals surface area contributed by atoms with Crippen molar-refractivity contribution in [3.05, 3.63) is 50.6 Å². The molecule has 6 nitrogen and oxygen atoms in total. The number of carbonyl (C=O) groups excluding carboxylic acids is 1. The number of nitrogens with one attached hydrogen (secondary N) is 1. The van der Waals surface area contributed by atoms with E-state index in [-0.39, 0.29) is 16.5 Å². The number of carbonyl (C=O) groups is 1. The molecule has 0 fully saturated rings. The van der Waals surface area contributed by atoms with Crippen LogP contribution in [0.2, 0.25) is 5.02 Å². The number of hydrogen-bond acceptors (Lipinski definition) is 6. The van der Waals surface area contributed by atoms with Crippen LogP contribution in [0.1, 0.15) is 19.4 Å². The number of nitrogens with zero attached hydrogens (tertiary/aromatic N) is 3. The van der Waals surface area contributed by atoms with E-state index < -0.39 is 5.25 Å². The molecule has 138 valence electrons. The number of amides is 1. The normalized spacial score (nSPS) is 11.9. The summed E-state index contributed by atoms with van der Waals surface area (Å²) in [5, 5.41) is 13.8. The zero-order chi connectivity index (χ0) is 19.6. The number of thioether (sulfide) groups is 1. The number of aromatic nitrogens is 2. The van der Waals surface area contributed by atoms with E-state index in [1.165, 1.54) is 29.2 Å². The van der Waals surface area contributed by atoms with Crippen LogP contribution in [0.25, 0.3) is 10.2 Å². The molecule has 2 aromatic heterocycles. The van der Waals surface area contributed by atoms with Crippen molar-refractivity contribution in [3.63, 3.8) is 0 Å². The lowest BCUT2D eigenvalue weighted by molar-refractivity contribution is -0.115. The standard InChI is InChI=1S/C18H15ClN4O2S2/c1-3-23-17(25)15-14(6-7-26-15)22-18(23)27-10(2)16(24)21-12-5-4-11(9-20)13(19)8-12/h4-8,10H,3H2,1-2H3,(H,21,24). The third-order valence-corrected chi connectivity index (χ3v) is 6.15. The average Bonchev–Trinajstić information content (AvgIpc) is 3.11. The van der Waals surface area contributed by atoms with E-state index in [9.17, 15) is 9.59 Å². The molecule has 1 unspecified atom stereocenters. The van der Waals surface area contributed by atoms with Crippen molar-refractivity contribution in [2.24, 2.45) is 0 Å². The summed E-state index contributed by atoms with van der Waals surface area (Å²) >= 11 is 8.59. The molecule has 2 heterocycles. The highest BCUT2D eigenvalue weighted by molar-refractivity contribution is 8.00. The number of thiophene rings is 1. The van der Waals surface area contributed by atoms with Crippen LogP contribution >= 0.6 is 34.7 Å². The second-order valence-corrected chi connectivity index (χ2v) is 8.27. The van der Waals surface area contributed by atoms with Gasteiger partial charge in [0.1, 0.15) is 10.8 Å². The lowest BCUT2D eigenvalue weighted by atomic mass is 10.2. The van der Waals surface area contributed by atoms with Crippen LogP contribution in [-0.4, -0.2) is 20.7 Å². The van der Waals surface area contributed by atoms with E-state index >= 15 is 0 Å². The number of fused-ring (bicyclic) bond motifs is 1. The average molecular weight is 419 g/mol. The molecular formula is C18H15ClN4O2S2. The number of rotatable bonds is 5. The first-order valence-corrected chi connectivity index (χ1v) is 10.2. The van der Waals surface area contributed by atoms with Gasteiger partial charge in [0.25, 0.3) is 5.56 Å². The molecule has 0 saturated heterocycles. The second kappa shape index (κ2) is 8.13. The maximum Gasteiger partial charge on any atom is 0.272 e. The minimum atomic E-state index is -0.486. The molecule has 9 heteroatoms. The van der Waals surface area contributed by atoms with Gasteiger partial charge in [-0.05, 0) is 43.5 Å². The van der Waals surface area contributed by atoms with Crippen LogP contribution in [0.5, 0.6) is 0 Å². The summed E-state index contributed by atoms with van der Waals surface area (Å²) in [5.41, 5.74) is 1.40. The third-order valence-electron chi connectivity index (χ3n) is 3.86. The highest BCUT2D eigenvalue weighted by Gasteiger charge is 2.19. The third kappa shape index (κ3) is 4.00. The minimum Gasteiger partial charge on any atom is -0.325 e. The summed E-state index contributed by atoms with van der Waals surface area (Å²) in [6.07, 6.45) is 0. The summed E-state index contributed by atoms with van der Waals surface area (Å²) in [6, 6.07) is 8.48. The van der Waals surface area contributed by atoms with Gasteiger partial charge in [-0.3, -0.25) is 14.2 Å². The van der Waals surface area contributed by atoms with E-state index in [0.717, 1.165) is 0 Å². The van der Waals surface area contributed by atoms with Crippen LogP contribution < -0.4 is 10.9 Å². The maximum absolute atomic E-state index is 12.6. The Kier molecular flexibility index (Phi) is 5.85. The zero-order valence-corrected chi connectivity index (χ0v) is 16.9. The molecule has 3 aromatic rings. The molecule has 1 atom stereocenters. The van der Waals surface area contributed by atoms with Gasteiger partial charge in [-0.15, -0.1) is 11.3 Å². The fourth-order valence-corrected chi connectivity index (χ4v) is 4.41. The van der Waals surface area contributed by atoms with Crippen LogP contribution in [0, 0.1) is 11.3 Å². The van der Waals surface area contributed by atoms with Crippen LogP contribution in [0.4, 0.5) is 5.69 Å². The van der Waals surface area contributed by atoms with Crippen LogP contribution in [0.15, 0.2) is 39.6 Å². The number of benzene rings is 1. The number of anilines is 1. The van der Waals surface area contributed by atoms with Crippen molar-refractivity contribution >= 4 is 56.5 Å². The Hall–Kier alpha value is -2.34. The summed E-state index contributed by atoms with van der Waals surface area (Å²) in [4.78, 5) is 29.6. The minimum absolute atomic E-state index is 0.0912. The molecule has 27 heavy (non-hydrogen) atoms. The van der Waals surface area contributed by atoms with E-state index in [1.54, 1.807) is 29.7 Å². The number of hydrogen-bond donors (Lipinski definition) is 1. The monoisotopic (exact) mass is 418 g/mol. The molecular weight excluding hydrogens is 404 g/mol. The molecule has 0 bridgehead atoms. The Labute approximate surface area is 168 Å². The van der Waals surface area contributed by atoms with Crippen molar-refractivity contribution in [1.29, 1.82) is 5.26 Å². The molecule has 0 aliphatic carbocycles.